The van der Waals surface area contributed by atoms with Crippen LogP contribution in [-0.2, 0) is 0 Å². The average molecular weight is 319 g/mol. The molecule has 3 rings (SSSR count). The molecule has 5 heteroatoms. The maximum Gasteiger partial charge on any atom is 0.274 e. The van der Waals surface area contributed by atoms with E-state index in [9.17, 15) is 4.79 Å². The Hall–Kier alpha value is -1.84. The van der Waals surface area contributed by atoms with Gasteiger partial charge in [0.25, 0.3) is 5.91 Å². The van der Waals surface area contributed by atoms with Gasteiger partial charge in [-0.1, -0.05) is 53.5 Å². The Kier molecular flexibility index (Phi) is 3.95. The summed E-state index contributed by atoms with van der Waals surface area (Å²) < 4.78 is 0. The molecule has 0 bridgehead atoms. The molecular weight excluding hydrogens is 307 g/mol. The first-order valence-corrected chi connectivity index (χ1v) is 7.30. The molecule has 0 spiro atoms. The molecule has 1 aliphatic rings. The summed E-state index contributed by atoms with van der Waals surface area (Å²) in [5, 5.41) is 6.75. The van der Waals surface area contributed by atoms with Crippen molar-refractivity contribution in [1.29, 1.82) is 0 Å². The number of halogens is 2. The molecule has 0 fully saturated rings. The van der Waals surface area contributed by atoms with Crippen molar-refractivity contribution >= 4 is 34.8 Å². The zero-order valence-corrected chi connectivity index (χ0v) is 12.6. The first kappa shape index (κ1) is 14.1. The van der Waals surface area contributed by atoms with Crippen molar-refractivity contribution in [1.82, 2.24) is 5.01 Å². The van der Waals surface area contributed by atoms with Gasteiger partial charge < -0.3 is 0 Å². The van der Waals surface area contributed by atoms with E-state index < -0.39 is 0 Å². The van der Waals surface area contributed by atoms with Gasteiger partial charge in [-0.05, 0) is 23.8 Å². The van der Waals surface area contributed by atoms with Crippen LogP contribution in [0.25, 0.3) is 0 Å². The topological polar surface area (TPSA) is 32.7 Å². The Bertz CT molecular complexity index is 693. The molecule has 106 valence electrons. The lowest BCUT2D eigenvalue weighted by Gasteiger charge is -2.11. The van der Waals surface area contributed by atoms with Gasteiger partial charge in [0.1, 0.15) is 0 Å². The van der Waals surface area contributed by atoms with E-state index in [0.717, 1.165) is 17.7 Å². The summed E-state index contributed by atoms with van der Waals surface area (Å²) in [6.07, 6.45) is 0.740. The van der Waals surface area contributed by atoms with Crippen molar-refractivity contribution in [3.05, 3.63) is 69.7 Å². The standard InChI is InChI=1S/C16H12Cl2N2O/c17-13-8-12(9-14(18)10-13)16(21)20-7-6-15(19-20)11-4-2-1-3-5-11/h1-5,8-10H,6-7H2. The second-order valence-electron chi connectivity index (χ2n) is 4.75. The molecule has 1 aliphatic heterocycles. The minimum atomic E-state index is -0.190. The predicted molar refractivity (Wildman–Crippen MR) is 85.1 cm³/mol. The van der Waals surface area contributed by atoms with Crippen LogP contribution in [0.2, 0.25) is 10.0 Å². The van der Waals surface area contributed by atoms with Crippen LogP contribution in [0.3, 0.4) is 0 Å². The van der Waals surface area contributed by atoms with Crippen molar-refractivity contribution < 1.29 is 4.79 Å². The Morgan fingerprint density at radius 2 is 1.71 bits per heavy atom. The van der Waals surface area contributed by atoms with Crippen LogP contribution in [0.4, 0.5) is 0 Å². The SMILES string of the molecule is O=C(c1cc(Cl)cc(Cl)c1)N1CCC(c2ccccc2)=N1. The summed E-state index contributed by atoms with van der Waals surface area (Å²) in [5.74, 6) is -0.190. The fraction of sp³-hybridized carbons (Fsp3) is 0.125. The van der Waals surface area contributed by atoms with Crippen molar-refractivity contribution in [3.8, 4) is 0 Å². The van der Waals surface area contributed by atoms with E-state index in [2.05, 4.69) is 5.10 Å². The lowest BCUT2D eigenvalue weighted by Crippen LogP contribution is -2.23. The molecular formula is C16H12Cl2N2O. The third-order valence-electron chi connectivity index (χ3n) is 3.25. The van der Waals surface area contributed by atoms with E-state index in [-0.39, 0.29) is 5.91 Å². The Balaban J connectivity index is 1.85. The maximum atomic E-state index is 12.4. The summed E-state index contributed by atoms with van der Waals surface area (Å²) in [4.78, 5) is 12.4. The Labute approximate surface area is 132 Å². The molecule has 0 N–H and O–H groups in total. The van der Waals surface area contributed by atoms with Crippen LogP contribution in [0.15, 0.2) is 53.6 Å². The van der Waals surface area contributed by atoms with E-state index in [1.54, 1.807) is 18.2 Å². The first-order valence-electron chi connectivity index (χ1n) is 6.54. The van der Waals surface area contributed by atoms with E-state index >= 15 is 0 Å². The second-order valence-corrected chi connectivity index (χ2v) is 5.62. The largest absolute Gasteiger partial charge is 0.274 e. The highest BCUT2D eigenvalue weighted by Gasteiger charge is 2.23. The summed E-state index contributed by atoms with van der Waals surface area (Å²) in [6, 6.07) is 14.7. The van der Waals surface area contributed by atoms with E-state index in [4.69, 9.17) is 23.2 Å². The molecule has 0 aromatic heterocycles. The van der Waals surface area contributed by atoms with Crippen LogP contribution >= 0.6 is 23.2 Å². The van der Waals surface area contributed by atoms with E-state index in [1.807, 2.05) is 30.3 Å². The highest BCUT2D eigenvalue weighted by atomic mass is 35.5. The van der Waals surface area contributed by atoms with Crippen molar-refractivity contribution in [2.24, 2.45) is 5.10 Å². The lowest BCUT2D eigenvalue weighted by atomic mass is 10.1. The number of amides is 1. The molecule has 0 saturated carbocycles. The van der Waals surface area contributed by atoms with Gasteiger partial charge in [0, 0.05) is 22.0 Å². The number of rotatable bonds is 2. The molecule has 0 aliphatic carbocycles. The predicted octanol–water partition coefficient (Wildman–Crippen LogP) is 4.24. The van der Waals surface area contributed by atoms with Gasteiger partial charge in [-0.25, -0.2) is 5.01 Å². The van der Waals surface area contributed by atoms with Gasteiger partial charge in [-0.2, -0.15) is 5.10 Å². The number of nitrogens with zero attached hydrogens (tertiary/aromatic N) is 2. The lowest BCUT2D eigenvalue weighted by molar-refractivity contribution is 0.0778. The van der Waals surface area contributed by atoms with Crippen molar-refractivity contribution in [3.63, 3.8) is 0 Å². The van der Waals surface area contributed by atoms with Gasteiger partial charge >= 0.3 is 0 Å². The number of hydrogen-bond donors (Lipinski definition) is 0. The number of carbonyl (C=O) groups excluding carboxylic acids is 1. The molecule has 2 aromatic rings. The monoisotopic (exact) mass is 318 g/mol. The molecule has 2 aromatic carbocycles. The highest BCUT2D eigenvalue weighted by Crippen LogP contribution is 2.22. The quantitative estimate of drug-likeness (QED) is 0.815. The molecule has 1 amide bonds. The summed E-state index contributed by atoms with van der Waals surface area (Å²) >= 11 is 11.9. The molecule has 0 atom stereocenters. The van der Waals surface area contributed by atoms with Crippen LogP contribution in [-0.4, -0.2) is 23.2 Å². The van der Waals surface area contributed by atoms with Crippen LogP contribution in [0.5, 0.6) is 0 Å². The van der Waals surface area contributed by atoms with Gasteiger partial charge in [-0.15, -0.1) is 0 Å². The normalized spacial score (nSPS) is 14.2. The van der Waals surface area contributed by atoms with Crippen molar-refractivity contribution in [2.45, 2.75) is 6.42 Å². The number of carbonyl (C=O) groups is 1. The number of benzene rings is 2. The molecule has 21 heavy (non-hydrogen) atoms. The van der Waals surface area contributed by atoms with Gasteiger partial charge in [0.15, 0.2) is 0 Å². The minimum absolute atomic E-state index is 0.190. The summed E-state index contributed by atoms with van der Waals surface area (Å²) in [5.41, 5.74) is 2.40. The summed E-state index contributed by atoms with van der Waals surface area (Å²) in [7, 11) is 0. The number of hydrazone groups is 1. The molecule has 0 unspecified atom stereocenters. The number of hydrogen-bond acceptors (Lipinski definition) is 2. The molecule has 0 radical (unpaired) electrons. The maximum absolute atomic E-state index is 12.4. The third kappa shape index (κ3) is 3.09. The fourth-order valence-corrected chi connectivity index (χ4v) is 2.79. The smallest absolute Gasteiger partial charge is 0.267 e. The van der Waals surface area contributed by atoms with Crippen LogP contribution in [0.1, 0.15) is 22.3 Å². The third-order valence-corrected chi connectivity index (χ3v) is 3.69. The van der Waals surface area contributed by atoms with Gasteiger partial charge in [0.05, 0.1) is 12.3 Å². The van der Waals surface area contributed by atoms with Crippen molar-refractivity contribution in [2.75, 3.05) is 6.54 Å². The zero-order chi connectivity index (χ0) is 14.8. The minimum Gasteiger partial charge on any atom is -0.267 e. The molecule has 1 heterocycles. The average Bonchev–Trinajstić information content (AvgIpc) is 2.96. The van der Waals surface area contributed by atoms with Crippen LogP contribution in [0, 0.1) is 0 Å². The van der Waals surface area contributed by atoms with Gasteiger partial charge in [-0.3, -0.25) is 4.79 Å². The fourth-order valence-electron chi connectivity index (χ4n) is 2.26. The summed E-state index contributed by atoms with van der Waals surface area (Å²) in [6.45, 7) is 0.563. The van der Waals surface area contributed by atoms with E-state index in [0.29, 0.717) is 22.2 Å². The molecule has 0 saturated heterocycles. The Morgan fingerprint density at radius 3 is 2.38 bits per heavy atom. The highest BCUT2D eigenvalue weighted by molar-refractivity contribution is 6.35. The first-order chi connectivity index (χ1) is 10.1. The van der Waals surface area contributed by atoms with Gasteiger partial charge in [0.2, 0.25) is 0 Å². The Morgan fingerprint density at radius 1 is 1.05 bits per heavy atom. The van der Waals surface area contributed by atoms with E-state index in [1.165, 1.54) is 5.01 Å². The van der Waals surface area contributed by atoms with Crippen LogP contribution < -0.4 is 0 Å². The zero-order valence-electron chi connectivity index (χ0n) is 11.1. The molecule has 3 nitrogen and oxygen atoms in total. The second kappa shape index (κ2) is 5.88.